The van der Waals surface area contributed by atoms with Crippen molar-refractivity contribution in [2.75, 3.05) is 12.4 Å². The van der Waals surface area contributed by atoms with Crippen LogP contribution in [-0.4, -0.2) is 51.7 Å². The lowest BCUT2D eigenvalue weighted by molar-refractivity contribution is -0.117. The first-order chi connectivity index (χ1) is 19.4. The first kappa shape index (κ1) is 25.2. The lowest BCUT2D eigenvalue weighted by Gasteiger charge is -2.22. The van der Waals surface area contributed by atoms with Crippen LogP contribution >= 0.6 is 0 Å². The van der Waals surface area contributed by atoms with Gasteiger partial charge in [0.25, 0.3) is 11.8 Å². The van der Waals surface area contributed by atoms with Gasteiger partial charge in [0.15, 0.2) is 0 Å². The molecule has 2 aliphatic heterocycles. The molecule has 2 aromatic carbocycles. The highest BCUT2D eigenvalue weighted by Crippen LogP contribution is 2.35. The molecule has 0 spiro atoms. The summed E-state index contributed by atoms with van der Waals surface area (Å²) in [6.07, 6.45) is 0.760. The zero-order chi connectivity index (χ0) is 27.8. The number of benzodiazepines with no additional fused rings is 1. The molecule has 11 heteroatoms. The van der Waals surface area contributed by atoms with Gasteiger partial charge < -0.3 is 20.1 Å². The molecule has 2 aliphatic rings. The summed E-state index contributed by atoms with van der Waals surface area (Å²) in [5.41, 5.74) is 2.50. The molecule has 10 nitrogen and oxygen atoms in total. The molecular weight excluding hydrogens is 515 g/mol. The molecule has 0 saturated carbocycles. The first-order valence-electron chi connectivity index (χ1n) is 12.7. The van der Waals surface area contributed by atoms with Crippen LogP contribution in [0.5, 0.6) is 11.8 Å². The molecular formula is C29H25FN6O4. The second kappa shape index (κ2) is 10.3. The molecule has 0 saturated heterocycles. The number of fused-ring (bicyclic) bond motifs is 2. The molecule has 0 fully saturated rings. The maximum absolute atomic E-state index is 14.9. The molecule has 4 heterocycles. The summed E-state index contributed by atoms with van der Waals surface area (Å²) in [5, 5.41) is 9.98. The Balaban J connectivity index is 1.43. The van der Waals surface area contributed by atoms with E-state index in [-0.39, 0.29) is 23.2 Å². The Morgan fingerprint density at radius 3 is 2.77 bits per heavy atom. The Labute approximate surface area is 228 Å². The molecule has 0 bridgehead atoms. The van der Waals surface area contributed by atoms with Crippen LogP contribution in [0.3, 0.4) is 0 Å². The van der Waals surface area contributed by atoms with E-state index in [0.29, 0.717) is 46.9 Å². The minimum atomic E-state index is -1.37. The van der Waals surface area contributed by atoms with Gasteiger partial charge in [-0.25, -0.2) is 19.0 Å². The number of methoxy groups -OCH3 is 1. The van der Waals surface area contributed by atoms with Crippen molar-refractivity contribution in [3.05, 3.63) is 89.4 Å². The highest BCUT2D eigenvalue weighted by atomic mass is 19.1. The van der Waals surface area contributed by atoms with Gasteiger partial charge in [-0.15, -0.1) is 0 Å². The van der Waals surface area contributed by atoms with Crippen LogP contribution < -0.4 is 20.1 Å². The second-order valence-corrected chi connectivity index (χ2v) is 9.43. The zero-order valence-corrected chi connectivity index (χ0v) is 21.7. The number of carbonyl (C=O) groups excluding carboxylic acids is 2. The molecule has 4 aromatic rings. The summed E-state index contributed by atoms with van der Waals surface area (Å²) in [7, 11) is 1.50. The Bertz CT molecular complexity index is 1650. The van der Waals surface area contributed by atoms with Crippen LogP contribution in [0.25, 0.3) is 11.3 Å². The Morgan fingerprint density at radius 1 is 1.15 bits per heavy atom. The number of pyridine rings is 1. The maximum Gasteiger partial charge on any atom is 0.269 e. The van der Waals surface area contributed by atoms with E-state index in [1.807, 2.05) is 25.1 Å². The van der Waals surface area contributed by atoms with Gasteiger partial charge in [-0.1, -0.05) is 42.5 Å². The smallest absolute Gasteiger partial charge is 0.269 e. The van der Waals surface area contributed by atoms with Gasteiger partial charge in [-0.05, 0) is 19.1 Å². The fraction of sp³-hybridized carbons (Fsp3) is 0.207. The van der Waals surface area contributed by atoms with Crippen LogP contribution in [0.15, 0.2) is 71.9 Å². The number of halogens is 1. The van der Waals surface area contributed by atoms with Crippen LogP contribution in [0.4, 0.5) is 10.1 Å². The summed E-state index contributed by atoms with van der Waals surface area (Å²) in [6, 6.07) is 16.9. The van der Waals surface area contributed by atoms with Gasteiger partial charge in [0.2, 0.25) is 17.9 Å². The lowest BCUT2D eigenvalue weighted by Crippen LogP contribution is -2.42. The Morgan fingerprint density at radius 2 is 1.98 bits per heavy atom. The predicted molar refractivity (Wildman–Crippen MR) is 145 cm³/mol. The van der Waals surface area contributed by atoms with Crippen molar-refractivity contribution in [1.82, 2.24) is 20.1 Å². The standard InChI is InChI=1S/C29H25FN6O4/c1-16-12-14-36-29(40-16)22(24(35-36)18-11-13-31-21(15-18)39-2)27(37)34-26-28(38)33-25-19(9-6-10-20(25)30)23(32-26)17-7-4-3-5-8-17/h3-11,13,15-16,26H,12,14H2,1-2H3,(H,33,38)(H,34,37)/t16-,26-/m1/s1. The zero-order valence-electron chi connectivity index (χ0n) is 21.7. The number of hydrogen-bond donors (Lipinski definition) is 2. The molecule has 2 aromatic heterocycles. The average Bonchev–Trinajstić information content (AvgIpc) is 3.28. The number of nitrogens with one attached hydrogen (secondary N) is 2. The Hall–Kier alpha value is -5.06. The molecule has 0 aliphatic carbocycles. The van der Waals surface area contributed by atoms with E-state index >= 15 is 0 Å². The Kier molecular flexibility index (Phi) is 6.47. The number of amides is 2. The highest BCUT2D eigenvalue weighted by Gasteiger charge is 2.34. The van der Waals surface area contributed by atoms with Crippen LogP contribution in [0.2, 0.25) is 0 Å². The minimum absolute atomic E-state index is 0.00325. The van der Waals surface area contributed by atoms with Crippen molar-refractivity contribution in [2.45, 2.75) is 32.2 Å². The third-order valence-electron chi connectivity index (χ3n) is 6.75. The van der Waals surface area contributed by atoms with E-state index < -0.39 is 23.8 Å². The van der Waals surface area contributed by atoms with Gasteiger partial charge in [0.1, 0.15) is 17.1 Å². The third kappa shape index (κ3) is 4.55. The second-order valence-electron chi connectivity index (χ2n) is 9.43. The van der Waals surface area contributed by atoms with E-state index in [1.165, 1.54) is 13.2 Å². The fourth-order valence-corrected chi connectivity index (χ4v) is 4.76. The van der Waals surface area contributed by atoms with E-state index in [9.17, 15) is 14.0 Å². The number of ether oxygens (including phenoxy) is 2. The lowest BCUT2D eigenvalue weighted by atomic mass is 10.0. The fourth-order valence-electron chi connectivity index (χ4n) is 4.76. The molecule has 2 N–H and O–H groups in total. The number of para-hydroxylation sites is 1. The van der Waals surface area contributed by atoms with Crippen LogP contribution in [0, 0.1) is 5.82 Å². The quantitative estimate of drug-likeness (QED) is 0.397. The van der Waals surface area contributed by atoms with Crippen molar-refractivity contribution in [1.29, 1.82) is 0 Å². The van der Waals surface area contributed by atoms with Crippen molar-refractivity contribution in [3.8, 4) is 23.0 Å². The predicted octanol–water partition coefficient (Wildman–Crippen LogP) is 3.81. The normalized spacial score (nSPS) is 17.9. The number of aryl methyl sites for hydroxylation is 1. The van der Waals surface area contributed by atoms with Crippen molar-refractivity contribution in [2.24, 2.45) is 4.99 Å². The third-order valence-corrected chi connectivity index (χ3v) is 6.75. The monoisotopic (exact) mass is 540 g/mol. The van der Waals surface area contributed by atoms with E-state index in [1.54, 1.807) is 47.3 Å². The first-order valence-corrected chi connectivity index (χ1v) is 12.7. The number of carbonyl (C=O) groups is 2. The topological polar surface area (TPSA) is 120 Å². The number of aliphatic imine (C=N–C) groups is 1. The van der Waals surface area contributed by atoms with Gasteiger partial charge in [0.05, 0.1) is 24.6 Å². The van der Waals surface area contributed by atoms with E-state index in [0.717, 1.165) is 0 Å². The summed E-state index contributed by atoms with van der Waals surface area (Å²) in [4.78, 5) is 36.0. The van der Waals surface area contributed by atoms with E-state index in [4.69, 9.17) is 9.47 Å². The number of nitrogens with zero attached hydrogens (tertiary/aromatic N) is 4. The van der Waals surface area contributed by atoms with Crippen molar-refractivity contribution >= 4 is 23.2 Å². The molecule has 2 amide bonds. The molecule has 40 heavy (non-hydrogen) atoms. The SMILES string of the molecule is COc1cc(-c2nn3c(c2C(=O)N[C@H]2N=C(c4ccccc4)c4cccc(F)c4NC2=O)O[C@H](C)CC3)ccn1. The molecule has 202 valence electrons. The van der Waals surface area contributed by atoms with Crippen LogP contribution in [-0.2, 0) is 11.3 Å². The summed E-state index contributed by atoms with van der Waals surface area (Å²) < 4.78 is 27.8. The summed E-state index contributed by atoms with van der Waals surface area (Å²) in [6.45, 7) is 2.46. The number of benzene rings is 2. The van der Waals surface area contributed by atoms with Gasteiger partial charge >= 0.3 is 0 Å². The number of hydrogen-bond acceptors (Lipinski definition) is 7. The van der Waals surface area contributed by atoms with Gasteiger partial charge in [-0.2, -0.15) is 5.10 Å². The van der Waals surface area contributed by atoms with E-state index in [2.05, 4.69) is 25.7 Å². The van der Waals surface area contributed by atoms with Gasteiger partial charge in [-0.3, -0.25) is 9.59 Å². The number of rotatable bonds is 5. The number of aromatic nitrogens is 3. The minimum Gasteiger partial charge on any atom is -0.481 e. The molecule has 6 rings (SSSR count). The van der Waals surface area contributed by atoms with Crippen molar-refractivity contribution < 1.29 is 23.5 Å². The molecule has 0 unspecified atom stereocenters. The summed E-state index contributed by atoms with van der Waals surface area (Å²) in [5.74, 6) is -1.28. The van der Waals surface area contributed by atoms with Crippen molar-refractivity contribution in [3.63, 3.8) is 0 Å². The van der Waals surface area contributed by atoms with Crippen LogP contribution in [0.1, 0.15) is 34.8 Å². The highest BCUT2D eigenvalue weighted by molar-refractivity contribution is 6.20. The summed E-state index contributed by atoms with van der Waals surface area (Å²) >= 11 is 0. The largest absolute Gasteiger partial charge is 0.481 e. The average molecular weight is 541 g/mol. The number of anilines is 1. The van der Waals surface area contributed by atoms with Gasteiger partial charge in [0, 0.05) is 41.9 Å². The molecule has 0 radical (unpaired) electrons. The molecule has 2 atom stereocenters. The maximum atomic E-state index is 14.9.